The maximum atomic E-state index is 7.54. The van der Waals surface area contributed by atoms with Crippen molar-refractivity contribution in [3.63, 3.8) is 0 Å². The molecule has 33 heavy (non-hydrogen) atoms. The van der Waals surface area contributed by atoms with Crippen LogP contribution in [0.2, 0.25) is 5.02 Å². The molecule has 4 nitrogen and oxygen atoms in total. The summed E-state index contributed by atoms with van der Waals surface area (Å²) in [4.78, 5) is 6.19. The van der Waals surface area contributed by atoms with Crippen molar-refractivity contribution in [2.24, 2.45) is 11.8 Å². The molecule has 1 heterocycles. The molecule has 1 spiro atoms. The Kier molecular flexibility index (Phi) is 6.12. The van der Waals surface area contributed by atoms with Crippen molar-refractivity contribution >= 4 is 23.0 Å². The van der Waals surface area contributed by atoms with Crippen molar-refractivity contribution in [3.8, 4) is 5.75 Å². The lowest BCUT2D eigenvalue weighted by Crippen LogP contribution is -2.49. The highest BCUT2D eigenvalue weighted by Gasteiger charge is 2.44. The number of nitrogens with zero attached hydrogens (tertiary/aromatic N) is 2. The number of ether oxygens (including phenoxy) is 2. The number of aryl methyl sites for hydroxylation is 1. The molecule has 0 aromatic heterocycles. The number of benzene rings is 2. The Morgan fingerprint density at radius 1 is 1.33 bits per heavy atom. The summed E-state index contributed by atoms with van der Waals surface area (Å²) in [6, 6.07) is 12.2. The second-order valence-electron chi connectivity index (χ2n) is 9.81. The van der Waals surface area contributed by atoms with Crippen LogP contribution >= 0.6 is 11.6 Å². The summed E-state index contributed by atoms with van der Waals surface area (Å²) in [6.45, 7) is 14.0. The van der Waals surface area contributed by atoms with Crippen molar-refractivity contribution in [3.05, 3.63) is 76.6 Å². The predicted octanol–water partition coefficient (Wildman–Crippen LogP) is 6.59. The number of methoxy groups -OCH3 is 1. The normalized spacial score (nSPS) is 26.8. The van der Waals surface area contributed by atoms with Crippen LogP contribution in [0.5, 0.6) is 5.75 Å². The van der Waals surface area contributed by atoms with E-state index < -0.39 is 0 Å². The van der Waals surface area contributed by atoms with E-state index in [1.165, 1.54) is 24.0 Å². The number of fused-ring (bicyclic) bond motifs is 3. The first-order valence-electron chi connectivity index (χ1n) is 11.9. The molecular weight excluding hydrogens is 432 g/mol. The summed E-state index contributed by atoms with van der Waals surface area (Å²) < 4.78 is 12.2. The molecule has 3 aliphatic rings. The molecule has 2 aromatic rings. The largest absolute Gasteiger partial charge is 0.491 e. The third kappa shape index (κ3) is 4.03. The third-order valence-electron chi connectivity index (χ3n) is 8.01. The Hall–Kier alpha value is -2.48. The number of anilines is 1. The first-order chi connectivity index (χ1) is 16.1. The maximum Gasteiger partial charge on any atom is 0.189 e. The van der Waals surface area contributed by atoms with Crippen LogP contribution in [-0.2, 0) is 16.6 Å². The second-order valence-corrected chi connectivity index (χ2v) is 10.2. The number of hydrogen-bond donors (Lipinski definition) is 0. The van der Waals surface area contributed by atoms with E-state index in [9.17, 15) is 0 Å². The van der Waals surface area contributed by atoms with Gasteiger partial charge in [0.2, 0.25) is 0 Å². The van der Waals surface area contributed by atoms with Crippen molar-refractivity contribution in [2.75, 3.05) is 31.7 Å². The molecule has 1 fully saturated rings. The first kappa shape index (κ1) is 22.3. The topological polar surface area (TPSA) is 26.1 Å². The van der Waals surface area contributed by atoms with Gasteiger partial charge in [-0.1, -0.05) is 29.8 Å². The quantitative estimate of drug-likeness (QED) is 0.370. The molecule has 1 aliphatic heterocycles. The Balaban J connectivity index is 1.53. The number of hydrogen-bond acceptors (Lipinski definition) is 3. The Morgan fingerprint density at radius 2 is 2.21 bits per heavy atom. The van der Waals surface area contributed by atoms with Gasteiger partial charge in [-0.3, -0.25) is 0 Å². The van der Waals surface area contributed by atoms with Gasteiger partial charge in [0.05, 0.1) is 25.0 Å². The Bertz CT molecular complexity index is 1090. The summed E-state index contributed by atoms with van der Waals surface area (Å²) in [6.07, 6.45) is 7.66. The van der Waals surface area contributed by atoms with Gasteiger partial charge in [-0.05, 0) is 79.3 Å². The summed E-state index contributed by atoms with van der Waals surface area (Å²) in [7, 11) is 1.78. The lowest BCUT2D eigenvalue weighted by atomic mass is 9.68. The van der Waals surface area contributed by atoms with E-state index in [1.807, 2.05) is 30.3 Å². The van der Waals surface area contributed by atoms with E-state index >= 15 is 0 Å². The zero-order valence-electron chi connectivity index (χ0n) is 19.2. The molecule has 0 saturated heterocycles. The van der Waals surface area contributed by atoms with E-state index in [0.717, 1.165) is 48.8 Å². The van der Waals surface area contributed by atoms with E-state index in [2.05, 4.69) is 28.5 Å². The molecule has 172 valence electrons. The molecule has 0 radical (unpaired) electrons. The van der Waals surface area contributed by atoms with Gasteiger partial charge < -0.3 is 14.4 Å². The SMILES string of the molecule is [C-]#[N+]c1ccc2c(c1)N(C[C@@H]1CC[C@H]1[C@H](C=C)OC)C[C@@]1(CCCc3cc(Cl)ccc31)CO2. The lowest BCUT2D eigenvalue weighted by Gasteiger charge is -2.46. The van der Waals surface area contributed by atoms with Crippen LogP contribution in [-0.4, -0.2) is 32.9 Å². The second kappa shape index (κ2) is 9.05. The number of rotatable bonds is 5. The lowest BCUT2D eigenvalue weighted by molar-refractivity contribution is 0.0135. The van der Waals surface area contributed by atoms with E-state index in [0.29, 0.717) is 24.1 Å². The fourth-order valence-corrected chi connectivity index (χ4v) is 6.35. The van der Waals surface area contributed by atoms with Crippen molar-refractivity contribution in [2.45, 2.75) is 43.6 Å². The molecule has 2 aromatic carbocycles. The molecule has 0 N–H and O–H groups in total. The minimum absolute atomic E-state index is 0.0895. The highest BCUT2D eigenvalue weighted by Crippen LogP contribution is 2.47. The van der Waals surface area contributed by atoms with Gasteiger partial charge in [0.15, 0.2) is 5.69 Å². The minimum atomic E-state index is -0.0895. The smallest absolute Gasteiger partial charge is 0.189 e. The maximum absolute atomic E-state index is 7.54. The fraction of sp³-hybridized carbons (Fsp3) is 0.464. The molecule has 0 bridgehead atoms. The van der Waals surface area contributed by atoms with Crippen LogP contribution in [0.1, 0.15) is 36.8 Å². The van der Waals surface area contributed by atoms with Crippen LogP contribution in [0.3, 0.4) is 0 Å². The molecule has 2 aliphatic carbocycles. The summed E-state index contributed by atoms with van der Waals surface area (Å²) in [5, 5.41) is 0.800. The van der Waals surface area contributed by atoms with Gasteiger partial charge in [-0.2, -0.15) is 0 Å². The standard InChI is InChI=1S/C28H31ClN2O2/c1-4-26(32-3)23-10-7-20(23)16-31-17-28(13-5-6-19-14-21(29)8-11-24(19)28)18-33-27-12-9-22(30-2)15-25(27)31/h4,8-9,11-12,14-15,20,23,26H,1,5-7,10,13,16-18H2,3H3/t20-,23+,26-,28-/m0/s1. The van der Waals surface area contributed by atoms with Crippen LogP contribution in [0.4, 0.5) is 11.4 Å². The van der Waals surface area contributed by atoms with Gasteiger partial charge in [0.1, 0.15) is 5.75 Å². The van der Waals surface area contributed by atoms with Gasteiger partial charge >= 0.3 is 0 Å². The molecular formula is C28H31ClN2O2. The van der Waals surface area contributed by atoms with Crippen molar-refractivity contribution in [1.82, 2.24) is 0 Å². The average molecular weight is 463 g/mol. The van der Waals surface area contributed by atoms with Gasteiger partial charge in [-0.25, -0.2) is 4.85 Å². The summed E-state index contributed by atoms with van der Waals surface area (Å²) >= 11 is 6.35. The fourth-order valence-electron chi connectivity index (χ4n) is 6.15. The highest BCUT2D eigenvalue weighted by molar-refractivity contribution is 6.30. The van der Waals surface area contributed by atoms with E-state index in [1.54, 1.807) is 7.11 Å². The molecule has 5 heteroatoms. The molecule has 5 rings (SSSR count). The van der Waals surface area contributed by atoms with Crippen LogP contribution in [0, 0.1) is 18.4 Å². The van der Waals surface area contributed by atoms with Crippen LogP contribution < -0.4 is 9.64 Å². The molecule has 0 unspecified atom stereocenters. The molecule has 1 saturated carbocycles. The minimum Gasteiger partial charge on any atom is -0.491 e. The van der Waals surface area contributed by atoms with Crippen molar-refractivity contribution < 1.29 is 9.47 Å². The zero-order valence-corrected chi connectivity index (χ0v) is 20.0. The van der Waals surface area contributed by atoms with E-state index in [-0.39, 0.29) is 11.5 Å². The number of halogens is 1. The van der Waals surface area contributed by atoms with Gasteiger partial charge in [0, 0.05) is 30.6 Å². The third-order valence-corrected chi connectivity index (χ3v) is 8.24. The van der Waals surface area contributed by atoms with Crippen molar-refractivity contribution in [1.29, 1.82) is 0 Å². The Morgan fingerprint density at radius 3 is 2.94 bits per heavy atom. The first-order valence-corrected chi connectivity index (χ1v) is 12.3. The summed E-state index contributed by atoms with van der Waals surface area (Å²) in [5.41, 5.74) is 4.32. The van der Waals surface area contributed by atoms with Gasteiger partial charge in [-0.15, -0.1) is 6.58 Å². The van der Waals surface area contributed by atoms with Gasteiger partial charge in [0.25, 0.3) is 0 Å². The van der Waals surface area contributed by atoms with Crippen LogP contribution in [0.25, 0.3) is 4.85 Å². The molecule has 0 amide bonds. The molecule has 4 atom stereocenters. The monoisotopic (exact) mass is 462 g/mol. The van der Waals surface area contributed by atoms with E-state index in [4.69, 9.17) is 27.6 Å². The Labute approximate surface area is 202 Å². The predicted molar refractivity (Wildman–Crippen MR) is 134 cm³/mol. The van der Waals surface area contributed by atoms with Crippen LogP contribution in [0.15, 0.2) is 49.1 Å². The zero-order chi connectivity index (χ0) is 23.0. The summed E-state index contributed by atoms with van der Waals surface area (Å²) in [5.74, 6) is 1.89. The average Bonchev–Trinajstić information content (AvgIpc) is 2.97. The highest BCUT2D eigenvalue weighted by atomic mass is 35.5.